The number of rotatable bonds is 5. The van der Waals surface area contributed by atoms with Gasteiger partial charge in [-0.2, -0.15) is 0 Å². The minimum Gasteiger partial charge on any atom is -0.472 e. The molecule has 1 unspecified atom stereocenters. The van der Waals surface area contributed by atoms with E-state index < -0.39 is 0 Å². The van der Waals surface area contributed by atoms with Crippen molar-refractivity contribution in [2.24, 2.45) is 4.99 Å². The highest BCUT2D eigenvalue weighted by molar-refractivity contribution is 6.30. The number of ether oxygens (including phenoxy) is 1. The minimum atomic E-state index is 0.129. The van der Waals surface area contributed by atoms with Gasteiger partial charge in [-0.1, -0.05) is 41.9 Å². The van der Waals surface area contributed by atoms with Crippen molar-refractivity contribution < 1.29 is 4.74 Å². The molecule has 1 aliphatic heterocycles. The summed E-state index contributed by atoms with van der Waals surface area (Å²) in [5.74, 6) is 0. The Morgan fingerprint density at radius 2 is 1.90 bits per heavy atom. The molecule has 3 nitrogen and oxygen atoms in total. The van der Waals surface area contributed by atoms with Crippen molar-refractivity contribution >= 4 is 23.7 Å². The van der Waals surface area contributed by atoms with Crippen LogP contribution in [0, 0.1) is 0 Å². The Bertz CT molecular complexity index is 598. The highest BCUT2D eigenvalue weighted by Gasteiger charge is 2.18. The summed E-state index contributed by atoms with van der Waals surface area (Å²) in [6, 6.07) is 18.4. The molecule has 0 saturated carbocycles. The molecule has 2 aromatic carbocycles. The topological polar surface area (TPSA) is 24.8 Å². The molecule has 1 atom stereocenters. The van der Waals surface area contributed by atoms with Crippen LogP contribution in [-0.4, -0.2) is 25.6 Å². The Balaban J connectivity index is 1.79. The first-order valence-corrected chi connectivity index (χ1v) is 7.30. The number of nitrogens with zero attached hydrogens (tertiary/aromatic N) is 2. The van der Waals surface area contributed by atoms with Crippen molar-refractivity contribution in [2.45, 2.75) is 12.6 Å². The van der Waals surface area contributed by atoms with Gasteiger partial charge >= 0.3 is 0 Å². The van der Waals surface area contributed by atoms with Crippen LogP contribution in [0.4, 0.5) is 5.69 Å². The van der Waals surface area contributed by atoms with E-state index >= 15 is 0 Å². The third kappa shape index (κ3) is 3.76. The van der Waals surface area contributed by atoms with Gasteiger partial charge in [0.1, 0.15) is 12.6 Å². The monoisotopic (exact) mass is 299 g/mol. The first-order chi connectivity index (χ1) is 10.3. The third-order valence-electron chi connectivity index (χ3n) is 3.41. The molecule has 1 aliphatic rings. The molecule has 0 saturated heterocycles. The molecule has 21 heavy (non-hydrogen) atoms. The molecular weight excluding hydrogens is 284 g/mol. The summed E-state index contributed by atoms with van der Waals surface area (Å²) >= 11 is 5.98. The second-order valence-electron chi connectivity index (χ2n) is 5.03. The number of halogens is 1. The molecule has 0 spiro atoms. The van der Waals surface area contributed by atoms with E-state index in [-0.39, 0.29) is 6.04 Å². The van der Waals surface area contributed by atoms with Crippen LogP contribution in [-0.2, 0) is 11.3 Å². The lowest BCUT2D eigenvalue weighted by Crippen LogP contribution is -2.32. The van der Waals surface area contributed by atoms with Gasteiger partial charge in [0.2, 0.25) is 0 Å². The molecule has 0 fully saturated rings. The van der Waals surface area contributed by atoms with Crippen LogP contribution in [0.5, 0.6) is 0 Å². The van der Waals surface area contributed by atoms with Crippen LogP contribution in [0.2, 0.25) is 5.02 Å². The van der Waals surface area contributed by atoms with Gasteiger partial charge in [-0.05, 0) is 29.8 Å². The second kappa shape index (κ2) is 6.64. The summed E-state index contributed by atoms with van der Waals surface area (Å²) in [6.45, 7) is 2.22. The zero-order valence-corrected chi connectivity index (χ0v) is 12.3. The van der Waals surface area contributed by atoms with Crippen LogP contribution < -0.4 is 4.90 Å². The molecule has 3 rings (SSSR count). The Hall–Kier alpha value is -2.00. The summed E-state index contributed by atoms with van der Waals surface area (Å²) in [5.41, 5.74) is 2.39. The van der Waals surface area contributed by atoms with Crippen molar-refractivity contribution in [3.8, 4) is 0 Å². The summed E-state index contributed by atoms with van der Waals surface area (Å²) < 4.78 is 5.10. The lowest BCUT2D eigenvalue weighted by molar-refractivity contribution is 0.327. The standard InChI is InChI=1S/C17H16ClN2O/c18-15-6-8-17(9-7-15)20(11-16-12-21-13-19-16)10-14-4-2-1-3-5-14/h1-9,16H,10-12H2. The van der Waals surface area contributed by atoms with E-state index in [4.69, 9.17) is 16.3 Å². The zero-order valence-electron chi connectivity index (χ0n) is 11.6. The summed E-state index contributed by atoms with van der Waals surface area (Å²) in [6.07, 6.45) is 2.58. The highest BCUT2D eigenvalue weighted by Crippen LogP contribution is 2.21. The van der Waals surface area contributed by atoms with E-state index in [1.165, 1.54) is 5.56 Å². The maximum Gasteiger partial charge on any atom is 0.273 e. The van der Waals surface area contributed by atoms with Crippen LogP contribution in [0.3, 0.4) is 0 Å². The average Bonchev–Trinajstić information content (AvgIpc) is 3.01. The van der Waals surface area contributed by atoms with E-state index in [0.717, 1.165) is 23.8 Å². The van der Waals surface area contributed by atoms with Crippen molar-refractivity contribution in [2.75, 3.05) is 18.1 Å². The third-order valence-corrected chi connectivity index (χ3v) is 3.67. The maximum atomic E-state index is 5.98. The average molecular weight is 300 g/mol. The number of aliphatic imine (C=N–C) groups is 1. The molecule has 0 aromatic heterocycles. The molecule has 2 aromatic rings. The predicted octanol–water partition coefficient (Wildman–Crippen LogP) is 3.65. The van der Waals surface area contributed by atoms with Crippen molar-refractivity contribution in [1.82, 2.24) is 0 Å². The van der Waals surface area contributed by atoms with E-state index in [9.17, 15) is 0 Å². The fraction of sp³-hybridized carbons (Fsp3) is 0.235. The van der Waals surface area contributed by atoms with E-state index in [1.54, 1.807) is 0 Å². The van der Waals surface area contributed by atoms with Crippen LogP contribution in [0.1, 0.15) is 5.56 Å². The summed E-state index contributed by atoms with van der Waals surface area (Å²) in [5, 5.41) is 0.744. The number of benzene rings is 2. The van der Waals surface area contributed by atoms with E-state index in [1.807, 2.05) is 30.3 Å². The fourth-order valence-electron chi connectivity index (χ4n) is 2.35. The quantitative estimate of drug-likeness (QED) is 0.842. The Morgan fingerprint density at radius 3 is 2.57 bits per heavy atom. The molecule has 0 aliphatic carbocycles. The van der Waals surface area contributed by atoms with E-state index in [0.29, 0.717) is 6.61 Å². The molecule has 1 heterocycles. The van der Waals surface area contributed by atoms with Gasteiger partial charge in [-0.3, -0.25) is 0 Å². The van der Waals surface area contributed by atoms with Gasteiger partial charge in [0.15, 0.2) is 0 Å². The molecule has 4 heteroatoms. The number of hydrogen-bond donors (Lipinski definition) is 0. The number of anilines is 1. The van der Waals surface area contributed by atoms with Crippen LogP contribution in [0.25, 0.3) is 0 Å². The lowest BCUT2D eigenvalue weighted by Gasteiger charge is -2.26. The van der Waals surface area contributed by atoms with Crippen molar-refractivity contribution in [3.63, 3.8) is 0 Å². The van der Waals surface area contributed by atoms with Gasteiger partial charge in [0, 0.05) is 23.8 Å². The largest absolute Gasteiger partial charge is 0.472 e. The highest BCUT2D eigenvalue weighted by atomic mass is 35.5. The molecule has 0 bridgehead atoms. The minimum absolute atomic E-state index is 0.129. The first kappa shape index (κ1) is 14.0. The molecule has 1 radical (unpaired) electrons. The van der Waals surface area contributed by atoms with Gasteiger partial charge in [0.25, 0.3) is 6.40 Å². The fourth-order valence-corrected chi connectivity index (χ4v) is 2.47. The second-order valence-corrected chi connectivity index (χ2v) is 5.46. The smallest absolute Gasteiger partial charge is 0.273 e. The van der Waals surface area contributed by atoms with Crippen molar-refractivity contribution in [1.29, 1.82) is 0 Å². The van der Waals surface area contributed by atoms with Crippen molar-refractivity contribution in [3.05, 3.63) is 65.2 Å². The van der Waals surface area contributed by atoms with Crippen LogP contribution in [0.15, 0.2) is 59.6 Å². The normalized spacial score (nSPS) is 16.7. The van der Waals surface area contributed by atoms with Gasteiger partial charge in [-0.15, -0.1) is 0 Å². The lowest BCUT2D eigenvalue weighted by atomic mass is 10.1. The SMILES string of the molecule is Clc1ccc(N(Cc2ccccc2)CC2CO[C]=N2)cc1. The molecular formula is C17H16ClN2O. The maximum absolute atomic E-state index is 5.98. The Kier molecular flexibility index (Phi) is 4.41. The van der Waals surface area contributed by atoms with Gasteiger partial charge in [-0.25, -0.2) is 4.99 Å². The zero-order chi connectivity index (χ0) is 14.5. The van der Waals surface area contributed by atoms with Gasteiger partial charge in [0.05, 0.1) is 0 Å². The van der Waals surface area contributed by atoms with E-state index in [2.05, 4.69) is 40.6 Å². The number of hydrogen-bond acceptors (Lipinski definition) is 3. The van der Waals surface area contributed by atoms with Gasteiger partial charge < -0.3 is 9.64 Å². The van der Waals surface area contributed by atoms with Crippen LogP contribution >= 0.6 is 11.6 Å². The molecule has 0 amide bonds. The summed E-state index contributed by atoms with van der Waals surface area (Å²) in [4.78, 5) is 6.51. The predicted molar refractivity (Wildman–Crippen MR) is 86.1 cm³/mol. The first-order valence-electron chi connectivity index (χ1n) is 6.92. The Labute approximate surface area is 129 Å². The Morgan fingerprint density at radius 1 is 1.14 bits per heavy atom. The molecule has 0 N–H and O–H groups in total. The summed E-state index contributed by atoms with van der Waals surface area (Å²) in [7, 11) is 0. The molecule has 107 valence electrons.